The predicted octanol–water partition coefficient (Wildman–Crippen LogP) is 2.63. The number of benzene rings is 1. The average Bonchev–Trinajstić information content (AvgIpc) is 2.76. The Morgan fingerprint density at radius 3 is 2.03 bits per heavy atom. The number of esters is 2. The van der Waals surface area contributed by atoms with Gasteiger partial charge in [0, 0.05) is 6.54 Å². The third kappa shape index (κ3) is 9.81. The van der Waals surface area contributed by atoms with Gasteiger partial charge < -0.3 is 14.4 Å². The Balaban J connectivity index is 0.000000512. The topological polar surface area (TPSA) is 103 Å². The molecule has 31 heavy (non-hydrogen) atoms. The molecule has 0 fully saturated rings. The zero-order valence-electron chi connectivity index (χ0n) is 17.0. The quantitative estimate of drug-likeness (QED) is 0.361. The fourth-order valence-corrected chi connectivity index (χ4v) is 2.26. The number of nitrogens with zero attached hydrogens (tertiary/aromatic N) is 2. The Morgan fingerprint density at radius 2 is 1.55 bits per heavy atom. The van der Waals surface area contributed by atoms with Gasteiger partial charge in [0.25, 0.3) is 0 Å². The Hall–Kier alpha value is -3.33. The van der Waals surface area contributed by atoms with Crippen molar-refractivity contribution in [2.45, 2.75) is 26.9 Å². The van der Waals surface area contributed by atoms with Crippen molar-refractivity contribution in [3.63, 3.8) is 0 Å². The molecule has 0 aliphatic carbocycles. The van der Waals surface area contributed by atoms with Gasteiger partial charge in [-0.05, 0) is 43.1 Å². The molecule has 0 saturated carbocycles. The van der Waals surface area contributed by atoms with Gasteiger partial charge in [0.05, 0.1) is 31.6 Å². The fraction of sp³-hybridized carbons (Fsp3) is 0.286. The molecule has 0 bridgehead atoms. The number of pyridine rings is 1. The third-order valence-corrected chi connectivity index (χ3v) is 3.69. The molecule has 1 heterocycles. The summed E-state index contributed by atoms with van der Waals surface area (Å²) in [5.74, 6) is -3.11. The molecule has 0 saturated heterocycles. The molecular weight excluding hydrogens is 431 g/mol. The van der Waals surface area contributed by atoms with Gasteiger partial charge in [-0.25, -0.2) is 14.0 Å². The summed E-state index contributed by atoms with van der Waals surface area (Å²) in [7, 11) is 0. The molecule has 2 rings (SSSR count). The molecule has 0 aliphatic heterocycles. The molecule has 166 valence electrons. The maximum Gasteiger partial charge on any atom is 0.397 e. The molecule has 2 aromatic rings. The number of aromatic nitrogens is 1. The van der Waals surface area contributed by atoms with Crippen molar-refractivity contribution in [1.29, 1.82) is 0 Å². The average molecular weight is 453 g/mol. The van der Waals surface area contributed by atoms with Crippen LogP contribution in [0.5, 0.6) is 0 Å². The van der Waals surface area contributed by atoms with Gasteiger partial charge in [-0.1, -0.05) is 30.3 Å². The van der Waals surface area contributed by atoms with E-state index in [-0.39, 0.29) is 26.3 Å². The summed E-state index contributed by atoms with van der Waals surface area (Å²) in [5, 5.41) is -1.08. The molecule has 1 aromatic heterocycles. The van der Waals surface area contributed by atoms with Gasteiger partial charge in [0.1, 0.15) is 5.82 Å². The largest absolute Gasteiger partial charge is 0.459 e. The minimum absolute atomic E-state index is 0.0901. The summed E-state index contributed by atoms with van der Waals surface area (Å²) < 4.78 is 21.9. The molecule has 0 radical (unpaired) electrons. The maximum atomic E-state index is 12.9. The first-order valence-electron chi connectivity index (χ1n) is 9.25. The number of hydrogen-bond acceptors (Lipinski definition) is 7. The highest BCUT2D eigenvalue weighted by molar-refractivity contribution is 6.80. The van der Waals surface area contributed by atoms with Crippen molar-refractivity contribution in [2.24, 2.45) is 0 Å². The van der Waals surface area contributed by atoms with Crippen LogP contribution in [0, 0.1) is 5.82 Å². The van der Waals surface area contributed by atoms with Crippen LogP contribution in [0.4, 0.5) is 4.39 Å². The summed E-state index contributed by atoms with van der Waals surface area (Å²) >= 11 is 4.69. The number of ether oxygens (including phenoxy) is 2. The van der Waals surface area contributed by atoms with Crippen LogP contribution in [-0.2, 0) is 41.7 Å². The zero-order chi connectivity index (χ0) is 23.2. The van der Waals surface area contributed by atoms with Crippen LogP contribution in [0.1, 0.15) is 25.1 Å². The lowest BCUT2D eigenvalue weighted by atomic mass is 10.2. The second-order valence-electron chi connectivity index (χ2n) is 5.83. The molecule has 0 spiro atoms. The van der Waals surface area contributed by atoms with Crippen LogP contribution < -0.4 is 0 Å². The van der Waals surface area contributed by atoms with E-state index in [0.29, 0.717) is 5.69 Å². The lowest BCUT2D eigenvalue weighted by molar-refractivity contribution is -0.160. The standard InChI is InChI=1S/C17H17FN2O3.C4H5ClO3/c1-2-23-17(22)16(21)20(11-13-6-4-3-5-7-13)12-15-9-8-14(18)10-19-15;1-2-8-4(7)3(5)6/h3-10H,2,11-12H2,1H3;2H2,1H3. The number of rotatable bonds is 7. The van der Waals surface area contributed by atoms with Gasteiger partial charge >= 0.3 is 23.1 Å². The van der Waals surface area contributed by atoms with Crippen LogP contribution in [0.15, 0.2) is 48.7 Å². The van der Waals surface area contributed by atoms with E-state index < -0.39 is 28.9 Å². The highest BCUT2D eigenvalue weighted by Gasteiger charge is 2.24. The molecular formula is C21H22ClFN2O6. The van der Waals surface area contributed by atoms with Gasteiger partial charge in [0.2, 0.25) is 0 Å². The molecule has 0 unspecified atom stereocenters. The SMILES string of the molecule is CCOC(=O)C(=O)Cl.CCOC(=O)C(=O)N(Cc1ccccc1)Cc1ccc(F)cn1. The fourth-order valence-electron chi connectivity index (χ4n) is 2.21. The number of carbonyl (C=O) groups is 4. The number of carbonyl (C=O) groups excluding carboxylic acids is 4. The van der Waals surface area contributed by atoms with Crippen LogP contribution in [-0.4, -0.2) is 46.2 Å². The van der Waals surface area contributed by atoms with Crippen LogP contribution in [0.25, 0.3) is 0 Å². The molecule has 10 heteroatoms. The smallest absolute Gasteiger partial charge is 0.397 e. The zero-order valence-corrected chi connectivity index (χ0v) is 17.8. The molecule has 0 atom stereocenters. The maximum absolute atomic E-state index is 12.9. The second-order valence-corrected chi connectivity index (χ2v) is 6.17. The van der Waals surface area contributed by atoms with E-state index in [1.54, 1.807) is 13.8 Å². The Kier molecular flexibility index (Phi) is 11.5. The van der Waals surface area contributed by atoms with E-state index in [2.05, 4.69) is 9.72 Å². The van der Waals surface area contributed by atoms with Crippen molar-refractivity contribution in [1.82, 2.24) is 9.88 Å². The molecule has 1 aromatic carbocycles. The monoisotopic (exact) mass is 452 g/mol. The number of hydrogen-bond donors (Lipinski definition) is 0. The van der Waals surface area contributed by atoms with E-state index in [9.17, 15) is 23.6 Å². The van der Waals surface area contributed by atoms with Crippen LogP contribution >= 0.6 is 11.6 Å². The van der Waals surface area contributed by atoms with Gasteiger partial charge in [-0.2, -0.15) is 0 Å². The minimum atomic E-state index is -1.08. The van der Waals surface area contributed by atoms with E-state index >= 15 is 0 Å². The summed E-state index contributed by atoms with van der Waals surface area (Å²) in [6.07, 6.45) is 1.07. The van der Waals surface area contributed by atoms with E-state index in [0.717, 1.165) is 11.8 Å². The number of halogens is 2. The minimum Gasteiger partial charge on any atom is -0.459 e. The first-order valence-corrected chi connectivity index (χ1v) is 9.63. The third-order valence-electron chi connectivity index (χ3n) is 3.53. The van der Waals surface area contributed by atoms with Crippen molar-refractivity contribution in [3.8, 4) is 0 Å². The molecule has 0 aliphatic rings. The van der Waals surface area contributed by atoms with Crippen molar-refractivity contribution >= 4 is 34.7 Å². The van der Waals surface area contributed by atoms with E-state index in [1.165, 1.54) is 17.0 Å². The Morgan fingerprint density at radius 1 is 0.935 bits per heavy atom. The predicted molar refractivity (Wildman–Crippen MR) is 109 cm³/mol. The summed E-state index contributed by atoms with van der Waals surface area (Å²) in [6.45, 7) is 3.85. The van der Waals surface area contributed by atoms with Crippen LogP contribution in [0.2, 0.25) is 0 Å². The first-order chi connectivity index (χ1) is 14.8. The highest BCUT2D eigenvalue weighted by Crippen LogP contribution is 2.10. The van der Waals surface area contributed by atoms with E-state index in [1.807, 2.05) is 30.3 Å². The van der Waals surface area contributed by atoms with E-state index in [4.69, 9.17) is 16.3 Å². The molecule has 0 N–H and O–H groups in total. The van der Waals surface area contributed by atoms with Crippen LogP contribution in [0.3, 0.4) is 0 Å². The van der Waals surface area contributed by atoms with Crippen molar-refractivity contribution < 1.29 is 33.0 Å². The Labute approximate surface area is 183 Å². The summed E-state index contributed by atoms with van der Waals surface area (Å²) in [4.78, 5) is 49.1. The normalized spacial score (nSPS) is 9.68. The Bertz CT molecular complexity index is 877. The number of amides is 1. The lowest BCUT2D eigenvalue weighted by Gasteiger charge is -2.21. The molecule has 1 amide bonds. The first kappa shape index (κ1) is 25.7. The van der Waals surface area contributed by atoms with Crippen molar-refractivity contribution in [2.75, 3.05) is 13.2 Å². The lowest BCUT2D eigenvalue weighted by Crippen LogP contribution is -2.37. The van der Waals surface area contributed by atoms with Gasteiger partial charge in [0.15, 0.2) is 0 Å². The van der Waals surface area contributed by atoms with Gasteiger partial charge in [-0.3, -0.25) is 14.6 Å². The molecule has 8 nitrogen and oxygen atoms in total. The second kappa shape index (κ2) is 13.8. The van der Waals surface area contributed by atoms with Crippen molar-refractivity contribution in [3.05, 3.63) is 65.7 Å². The highest BCUT2D eigenvalue weighted by atomic mass is 35.5. The summed E-state index contributed by atoms with van der Waals surface area (Å²) in [6, 6.07) is 12.0. The van der Waals surface area contributed by atoms with Gasteiger partial charge in [-0.15, -0.1) is 0 Å². The summed E-state index contributed by atoms with van der Waals surface area (Å²) in [5.41, 5.74) is 1.35.